The summed E-state index contributed by atoms with van der Waals surface area (Å²) < 4.78 is 0. The van der Waals surface area contributed by atoms with E-state index in [1.165, 1.54) is 6.42 Å². The van der Waals surface area contributed by atoms with Gasteiger partial charge in [0.15, 0.2) is 0 Å². The second-order valence-corrected chi connectivity index (χ2v) is 2.43. The summed E-state index contributed by atoms with van der Waals surface area (Å²) in [6, 6.07) is 0. The number of likely N-dealkylation sites (tertiary alicyclic amines) is 1. The van der Waals surface area contributed by atoms with Crippen molar-refractivity contribution in [2.45, 2.75) is 26.2 Å². The Morgan fingerprint density at radius 3 is 2.60 bits per heavy atom. The van der Waals surface area contributed by atoms with Crippen LogP contribution in [0.5, 0.6) is 0 Å². The fourth-order valence-electron chi connectivity index (χ4n) is 1.20. The standard InChI is InChI=1S/C7H13NO.ClH/c1-2-8-6-4-3-5-7(8)9;/h2-6H2,1H3;1H. The largest absolute Gasteiger partial charge is 0.343 e. The van der Waals surface area contributed by atoms with Crippen LogP contribution in [-0.2, 0) is 4.79 Å². The van der Waals surface area contributed by atoms with E-state index in [0.29, 0.717) is 5.91 Å². The number of hydrogen-bond acceptors (Lipinski definition) is 1. The van der Waals surface area contributed by atoms with Crippen molar-refractivity contribution in [1.29, 1.82) is 0 Å². The molecule has 1 aliphatic rings. The summed E-state index contributed by atoms with van der Waals surface area (Å²) in [5.41, 5.74) is 0. The van der Waals surface area contributed by atoms with Crippen LogP contribution in [0.4, 0.5) is 0 Å². The highest BCUT2D eigenvalue weighted by atomic mass is 35.5. The minimum absolute atomic E-state index is 0. The molecule has 0 aromatic rings. The Labute approximate surface area is 68.0 Å². The molecule has 0 aromatic carbocycles. The Morgan fingerprint density at radius 1 is 1.50 bits per heavy atom. The summed E-state index contributed by atoms with van der Waals surface area (Å²) in [5, 5.41) is 0. The average Bonchev–Trinajstić information content (AvgIpc) is 1.89. The normalized spacial score (nSPS) is 18.5. The van der Waals surface area contributed by atoms with Crippen LogP contribution in [0.2, 0.25) is 0 Å². The summed E-state index contributed by atoms with van der Waals surface area (Å²) in [4.78, 5) is 12.9. The maximum absolute atomic E-state index is 11.0. The smallest absolute Gasteiger partial charge is 0.222 e. The van der Waals surface area contributed by atoms with E-state index in [1.807, 2.05) is 11.8 Å². The van der Waals surface area contributed by atoms with Crippen molar-refractivity contribution in [3.8, 4) is 0 Å². The Kier molecular flexibility index (Phi) is 4.45. The molecule has 1 heterocycles. The molecule has 1 fully saturated rings. The molecule has 60 valence electrons. The Bertz CT molecular complexity index is 116. The number of hydrogen-bond donors (Lipinski definition) is 0. The van der Waals surface area contributed by atoms with E-state index in [1.54, 1.807) is 0 Å². The molecule has 0 bridgehead atoms. The first-order valence-corrected chi connectivity index (χ1v) is 3.62. The molecule has 1 aliphatic heterocycles. The molecule has 0 aliphatic carbocycles. The maximum Gasteiger partial charge on any atom is 0.222 e. The fraction of sp³-hybridized carbons (Fsp3) is 0.857. The van der Waals surface area contributed by atoms with E-state index in [-0.39, 0.29) is 12.4 Å². The van der Waals surface area contributed by atoms with Gasteiger partial charge in [-0.15, -0.1) is 12.4 Å². The molecule has 2 nitrogen and oxygen atoms in total. The number of carbonyl (C=O) groups is 1. The lowest BCUT2D eigenvalue weighted by Crippen LogP contribution is -2.34. The number of piperidine rings is 1. The first-order valence-electron chi connectivity index (χ1n) is 3.62. The first-order chi connectivity index (χ1) is 4.34. The third-order valence-electron chi connectivity index (χ3n) is 1.80. The van der Waals surface area contributed by atoms with Crippen molar-refractivity contribution in [1.82, 2.24) is 4.90 Å². The van der Waals surface area contributed by atoms with Gasteiger partial charge in [-0.2, -0.15) is 0 Å². The lowest BCUT2D eigenvalue weighted by atomic mass is 10.1. The lowest BCUT2D eigenvalue weighted by molar-refractivity contribution is -0.132. The first kappa shape index (κ1) is 9.76. The molecule has 3 heteroatoms. The van der Waals surface area contributed by atoms with Gasteiger partial charge in [0.05, 0.1) is 0 Å². The highest BCUT2D eigenvalue weighted by Crippen LogP contribution is 2.08. The predicted molar refractivity (Wildman–Crippen MR) is 43.4 cm³/mol. The van der Waals surface area contributed by atoms with Gasteiger partial charge in [-0.05, 0) is 19.8 Å². The molecule has 0 unspecified atom stereocenters. The quantitative estimate of drug-likeness (QED) is 0.573. The monoisotopic (exact) mass is 163 g/mol. The minimum atomic E-state index is 0. The van der Waals surface area contributed by atoms with Crippen LogP contribution >= 0.6 is 12.4 Å². The maximum atomic E-state index is 11.0. The van der Waals surface area contributed by atoms with Gasteiger partial charge in [-0.1, -0.05) is 0 Å². The van der Waals surface area contributed by atoms with E-state index in [9.17, 15) is 4.79 Å². The summed E-state index contributed by atoms with van der Waals surface area (Å²) >= 11 is 0. The SMILES string of the molecule is CCN1CCCCC1=O.Cl. The van der Waals surface area contributed by atoms with Gasteiger partial charge in [0.2, 0.25) is 5.91 Å². The van der Waals surface area contributed by atoms with Crippen LogP contribution in [0.1, 0.15) is 26.2 Å². The average molecular weight is 164 g/mol. The van der Waals surface area contributed by atoms with Crippen molar-refractivity contribution in [2.24, 2.45) is 0 Å². The predicted octanol–water partition coefficient (Wildman–Crippen LogP) is 1.44. The topological polar surface area (TPSA) is 20.3 Å². The molecule has 10 heavy (non-hydrogen) atoms. The molecule has 0 N–H and O–H groups in total. The van der Waals surface area contributed by atoms with Crippen molar-refractivity contribution >= 4 is 18.3 Å². The van der Waals surface area contributed by atoms with Crippen molar-refractivity contribution in [2.75, 3.05) is 13.1 Å². The summed E-state index contributed by atoms with van der Waals surface area (Å²) in [6.45, 7) is 3.90. The Balaban J connectivity index is 0.000000810. The molecule has 0 atom stereocenters. The van der Waals surface area contributed by atoms with Gasteiger partial charge in [0.1, 0.15) is 0 Å². The second kappa shape index (κ2) is 4.56. The van der Waals surface area contributed by atoms with Crippen LogP contribution < -0.4 is 0 Å². The van der Waals surface area contributed by atoms with Gasteiger partial charge in [-0.25, -0.2) is 0 Å². The van der Waals surface area contributed by atoms with Gasteiger partial charge in [-0.3, -0.25) is 4.79 Å². The number of halogens is 1. The van der Waals surface area contributed by atoms with E-state index < -0.39 is 0 Å². The second-order valence-electron chi connectivity index (χ2n) is 2.43. The summed E-state index contributed by atoms with van der Waals surface area (Å²) in [7, 11) is 0. The highest BCUT2D eigenvalue weighted by Gasteiger charge is 2.14. The van der Waals surface area contributed by atoms with Crippen molar-refractivity contribution < 1.29 is 4.79 Å². The zero-order valence-corrected chi connectivity index (χ0v) is 7.12. The minimum Gasteiger partial charge on any atom is -0.343 e. The number of amides is 1. The van der Waals surface area contributed by atoms with Crippen molar-refractivity contribution in [3.05, 3.63) is 0 Å². The summed E-state index contributed by atoms with van der Waals surface area (Å²) in [5.74, 6) is 0.337. The number of carbonyl (C=O) groups excluding carboxylic acids is 1. The molecule has 0 saturated carbocycles. The molecule has 1 rings (SSSR count). The van der Waals surface area contributed by atoms with Gasteiger partial charge in [0.25, 0.3) is 0 Å². The molecule has 0 radical (unpaired) electrons. The van der Waals surface area contributed by atoms with E-state index in [2.05, 4.69) is 0 Å². The molecular weight excluding hydrogens is 150 g/mol. The Hall–Kier alpha value is -0.240. The molecular formula is C7H14ClNO. The van der Waals surface area contributed by atoms with Crippen LogP contribution in [0.15, 0.2) is 0 Å². The van der Waals surface area contributed by atoms with Crippen molar-refractivity contribution in [3.63, 3.8) is 0 Å². The molecule has 1 saturated heterocycles. The molecule has 0 aromatic heterocycles. The summed E-state index contributed by atoms with van der Waals surface area (Å²) in [6.07, 6.45) is 3.06. The van der Waals surface area contributed by atoms with Crippen LogP contribution in [0.3, 0.4) is 0 Å². The van der Waals surface area contributed by atoms with E-state index in [0.717, 1.165) is 25.9 Å². The number of rotatable bonds is 1. The third kappa shape index (κ3) is 2.18. The zero-order chi connectivity index (χ0) is 6.69. The van der Waals surface area contributed by atoms with Gasteiger partial charge >= 0.3 is 0 Å². The van der Waals surface area contributed by atoms with Crippen LogP contribution in [-0.4, -0.2) is 23.9 Å². The lowest BCUT2D eigenvalue weighted by Gasteiger charge is -2.24. The number of nitrogens with zero attached hydrogens (tertiary/aromatic N) is 1. The van der Waals surface area contributed by atoms with Gasteiger partial charge < -0.3 is 4.90 Å². The van der Waals surface area contributed by atoms with Gasteiger partial charge in [0, 0.05) is 19.5 Å². The van der Waals surface area contributed by atoms with E-state index in [4.69, 9.17) is 0 Å². The third-order valence-corrected chi connectivity index (χ3v) is 1.80. The zero-order valence-electron chi connectivity index (χ0n) is 6.30. The van der Waals surface area contributed by atoms with Crippen LogP contribution in [0, 0.1) is 0 Å². The molecule has 1 amide bonds. The van der Waals surface area contributed by atoms with E-state index >= 15 is 0 Å². The Morgan fingerprint density at radius 2 is 2.20 bits per heavy atom. The molecule has 0 spiro atoms. The van der Waals surface area contributed by atoms with Crippen LogP contribution in [0.25, 0.3) is 0 Å². The highest BCUT2D eigenvalue weighted by molar-refractivity contribution is 5.85. The fourth-order valence-corrected chi connectivity index (χ4v) is 1.20.